The summed E-state index contributed by atoms with van der Waals surface area (Å²) in [6, 6.07) is 11.8. The molecule has 0 aliphatic carbocycles. The fourth-order valence-electron chi connectivity index (χ4n) is 2.59. The number of anilines is 1. The quantitative estimate of drug-likeness (QED) is 0.862. The third kappa shape index (κ3) is 3.42. The number of hydrogen-bond donors (Lipinski definition) is 0. The average Bonchev–Trinajstić information content (AvgIpc) is 2.56. The zero-order valence-corrected chi connectivity index (χ0v) is 13.4. The molecule has 118 valence electrons. The molecule has 1 aliphatic rings. The Morgan fingerprint density at radius 3 is 2.65 bits per heavy atom. The van der Waals surface area contributed by atoms with Crippen LogP contribution in [0.25, 0.3) is 11.1 Å². The van der Waals surface area contributed by atoms with Gasteiger partial charge in [-0.1, -0.05) is 18.2 Å². The van der Waals surface area contributed by atoms with Gasteiger partial charge in [0.15, 0.2) is 0 Å². The predicted octanol–water partition coefficient (Wildman–Crippen LogP) is 3.83. The molecule has 0 unspecified atom stereocenters. The number of aromatic nitrogens is 1. The monoisotopic (exact) mass is 308 g/mol. The number of rotatable bonds is 4. The first-order valence-corrected chi connectivity index (χ1v) is 7.85. The molecule has 0 bridgehead atoms. The molecular formula is C19H20N2O2. The molecule has 23 heavy (non-hydrogen) atoms. The molecule has 2 heterocycles. The van der Waals surface area contributed by atoms with Gasteiger partial charge in [-0.05, 0) is 56.2 Å². The van der Waals surface area contributed by atoms with E-state index >= 15 is 0 Å². The van der Waals surface area contributed by atoms with Gasteiger partial charge in [-0.2, -0.15) is 0 Å². The van der Waals surface area contributed by atoms with E-state index in [4.69, 9.17) is 4.74 Å². The molecule has 1 amide bonds. The second-order valence-electron chi connectivity index (χ2n) is 5.75. The Balaban J connectivity index is 1.88. The van der Waals surface area contributed by atoms with Crippen molar-refractivity contribution in [3.05, 3.63) is 54.7 Å². The van der Waals surface area contributed by atoms with Crippen LogP contribution in [0.1, 0.15) is 20.3 Å². The fourth-order valence-corrected chi connectivity index (χ4v) is 2.59. The molecule has 1 aromatic heterocycles. The van der Waals surface area contributed by atoms with Crippen LogP contribution in [0.5, 0.6) is 5.88 Å². The Labute approximate surface area is 136 Å². The highest BCUT2D eigenvalue weighted by atomic mass is 16.5. The Kier molecular flexibility index (Phi) is 4.42. The van der Waals surface area contributed by atoms with E-state index < -0.39 is 0 Å². The van der Waals surface area contributed by atoms with Crippen molar-refractivity contribution in [2.45, 2.75) is 26.4 Å². The lowest BCUT2D eigenvalue weighted by atomic mass is 10.1. The van der Waals surface area contributed by atoms with Crippen LogP contribution in [0, 0.1) is 0 Å². The lowest BCUT2D eigenvalue weighted by Crippen LogP contribution is -2.32. The Morgan fingerprint density at radius 2 is 1.96 bits per heavy atom. The molecule has 0 saturated carbocycles. The molecule has 2 aromatic rings. The average molecular weight is 308 g/mol. The van der Waals surface area contributed by atoms with Gasteiger partial charge in [-0.3, -0.25) is 4.79 Å². The molecule has 0 saturated heterocycles. The van der Waals surface area contributed by atoms with Crippen molar-refractivity contribution in [3.8, 4) is 17.0 Å². The van der Waals surface area contributed by atoms with Gasteiger partial charge in [-0.15, -0.1) is 0 Å². The van der Waals surface area contributed by atoms with Crippen LogP contribution in [0.4, 0.5) is 5.69 Å². The van der Waals surface area contributed by atoms with E-state index in [2.05, 4.69) is 4.98 Å². The standard InChI is InChI=1S/C19H20N2O2/c1-14(2)23-19-17(6-5-12-20-19)15-8-10-16(11-9-15)21-13-4-3-7-18(21)22/h3,5-12,14H,4,13H2,1-2H3. The van der Waals surface area contributed by atoms with Gasteiger partial charge < -0.3 is 9.64 Å². The second kappa shape index (κ2) is 6.65. The summed E-state index contributed by atoms with van der Waals surface area (Å²) >= 11 is 0. The van der Waals surface area contributed by atoms with Crippen LogP contribution in [0.2, 0.25) is 0 Å². The number of benzene rings is 1. The Morgan fingerprint density at radius 1 is 1.17 bits per heavy atom. The highest BCUT2D eigenvalue weighted by Gasteiger charge is 2.16. The second-order valence-corrected chi connectivity index (χ2v) is 5.75. The molecule has 0 spiro atoms. The molecule has 4 heteroatoms. The van der Waals surface area contributed by atoms with Crippen LogP contribution >= 0.6 is 0 Å². The number of amides is 1. The summed E-state index contributed by atoms with van der Waals surface area (Å²) in [6.07, 6.45) is 6.24. The van der Waals surface area contributed by atoms with Gasteiger partial charge in [-0.25, -0.2) is 4.98 Å². The molecule has 0 atom stereocenters. The van der Waals surface area contributed by atoms with Crippen molar-refractivity contribution in [2.75, 3.05) is 11.4 Å². The third-order valence-electron chi connectivity index (χ3n) is 3.65. The summed E-state index contributed by atoms with van der Waals surface area (Å²) in [5.74, 6) is 0.668. The smallest absolute Gasteiger partial charge is 0.250 e. The summed E-state index contributed by atoms with van der Waals surface area (Å²) < 4.78 is 5.78. The first kappa shape index (κ1) is 15.3. The number of pyridine rings is 1. The summed E-state index contributed by atoms with van der Waals surface area (Å²) in [6.45, 7) is 4.69. The van der Waals surface area contributed by atoms with Crippen LogP contribution in [0.3, 0.4) is 0 Å². The van der Waals surface area contributed by atoms with Crippen molar-refractivity contribution >= 4 is 11.6 Å². The Hall–Kier alpha value is -2.62. The van der Waals surface area contributed by atoms with Crippen LogP contribution in [-0.2, 0) is 4.79 Å². The van der Waals surface area contributed by atoms with Gasteiger partial charge in [0.2, 0.25) is 5.88 Å². The summed E-state index contributed by atoms with van der Waals surface area (Å²) in [7, 11) is 0. The summed E-state index contributed by atoms with van der Waals surface area (Å²) in [5.41, 5.74) is 2.90. The zero-order chi connectivity index (χ0) is 16.2. The number of carbonyl (C=O) groups excluding carboxylic acids is 1. The largest absolute Gasteiger partial charge is 0.475 e. The van der Waals surface area contributed by atoms with Crippen LogP contribution in [-0.4, -0.2) is 23.5 Å². The molecule has 0 N–H and O–H groups in total. The maximum Gasteiger partial charge on any atom is 0.250 e. The van der Waals surface area contributed by atoms with E-state index in [0.717, 1.165) is 29.8 Å². The predicted molar refractivity (Wildman–Crippen MR) is 91.5 cm³/mol. The summed E-state index contributed by atoms with van der Waals surface area (Å²) in [5, 5.41) is 0. The minimum Gasteiger partial charge on any atom is -0.475 e. The highest BCUT2D eigenvalue weighted by Crippen LogP contribution is 2.30. The molecule has 1 aromatic carbocycles. The lowest BCUT2D eigenvalue weighted by molar-refractivity contribution is -0.114. The molecule has 1 aliphatic heterocycles. The van der Waals surface area contributed by atoms with Crippen molar-refractivity contribution in [2.24, 2.45) is 0 Å². The number of nitrogens with zero attached hydrogens (tertiary/aromatic N) is 2. The molecule has 3 rings (SSSR count). The number of carbonyl (C=O) groups is 1. The zero-order valence-electron chi connectivity index (χ0n) is 13.4. The molecular weight excluding hydrogens is 288 g/mol. The maximum atomic E-state index is 11.9. The first-order chi connectivity index (χ1) is 11.1. The van der Waals surface area contributed by atoms with Crippen LogP contribution < -0.4 is 9.64 Å². The van der Waals surface area contributed by atoms with Gasteiger partial charge in [0.05, 0.1) is 6.10 Å². The van der Waals surface area contributed by atoms with E-state index in [1.807, 2.05) is 56.3 Å². The van der Waals surface area contributed by atoms with Gasteiger partial charge >= 0.3 is 0 Å². The van der Waals surface area contributed by atoms with Crippen molar-refractivity contribution in [1.29, 1.82) is 0 Å². The topological polar surface area (TPSA) is 42.4 Å². The van der Waals surface area contributed by atoms with Gasteiger partial charge in [0.25, 0.3) is 5.91 Å². The molecule has 0 fully saturated rings. The first-order valence-electron chi connectivity index (χ1n) is 7.85. The van der Waals surface area contributed by atoms with E-state index in [1.54, 1.807) is 17.2 Å². The minimum atomic E-state index is 0.0363. The van der Waals surface area contributed by atoms with Gasteiger partial charge in [0, 0.05) is 24.0 Å². The minimum absolute atomic E-state index is 0.0363. The fraction of sp³-hybridized carbons (Fsp3) is 0.263. The highest BCUT2D eigenvalue weighted by molar-refractivity contribution is 6.02. The maximum absolute atomic E-state index is 11.9. The van der Waals surface area contributed by atoms with Crippen LogP contribution in [0.15, 0.2) is 54.7 Å². The molecule has 4 nitrogen and oxygen atoms in total. The van der Waals surface area contributed by atoms with E-state index in [1.165, 1.54) is 0 Å². The van der Waals surface area contributed by atoms with E-state index in [9.17, 15) is 4.79 Å². The molecule has 0 radical (unpaired) electrons. The normalized spacial score (nSPS) is 14.4. The van der Waals surface area contributed by atoms with E-state index in [0.29, 0.717) is 5.88 Å². The van der Waals surface area contributed by atoms with E-state index in [-0.39, 0.29) is 12.0 Å². The lowest BCUT2D eigenvalue weighted by Gasteiger charge is -2.23. The Bertz CT molecular complexity index is 720. The van der Waals surface area contributed by atoms with Crippen molar-refractivity contribution in [3.63, 3.8) is 0 Å². The summed E-state index contributed by atoms with van der Waals surface area (Å²) in [4.78, 5) is 18.0. The number of ether oxygens (including phenoxy) is 1. The van der Waals surface area contributed by atoms with Gasteiger partial charge in [0.1, 0.15) is 0 Å². The SMILES string of the molecule is CC(C)Oc1ncccc1-c1ccc(N2CCC=CC2=O)cc1. The van der Waals surface area contributed by atoms with Crippen molar-refractivity contribution < 1.29 is 9.53 Å². The third-order valence-corrected chi connectivity index (χ3v) is 3.65. The van der Waals surface area contributed by atoms with Crippen molar-refractivity contribution in [1.82, 2.24) is 4.98 Å². The number of hydrogen-bond acceptors (Lipinski definition) is 3.